The van der Waals surface area contributed by atoms with Gasteiger partial charge >= 0.3 is 6.03 Å². The van der Waals surface area contributed by atoms with E-state index in [-0.39, 0.29) is 11.8 Å². The first-order chi connectivity index (χ1) is 9.06. The molecule has 98 valence electrons. The monoisotopic (exact) mass is 320 g/mol. The molecule has 2 rings (SSSR count). The predicted molar refractivity (Wildman–Crippen MR) is 79.7 cm³/mol. The van der Waals surface area contributed by atoms with Gasteiger partial charge in [-0.3, -0.25) is 4.90 Å². The fourth-order valence-corrected chi connectivity index (χ4v) is 1.80. The van der Waals surface area contributed by atoms with Crippen molar-refractivity contribution >= 4 is 33.3 Å². The molecule has 2 amide bonds. The van der Waals surface area contributed by atoms with Gasteiger partial charge in [-0.1, -0.05) is 15.9 Å². The van der Waals surface area contributed by atoms with E-state index < -0.39 is 0 Å². The molecule has 0 radical (unpaired) electrons. The number of urea groups is 1. The Balaban J connectivity index is 2.07. The lowest BCUT2D eigenvalue weighted by Crippen LogP contribution is -2.31. The number of anilines is 2. The van der Waals surface area contributed by atoms with Gasteiger partial charge in [0.15, 0.2) is 0 Å². The van der Waals surface area contributed by atoms with Crippen molar-refractivity contribution in [1.82, 2.24) is 0 Å². The lowest BCUT2D eigenvalue weighted by Gasteiger charge is -2.18. The molecule has 0 aromatic heterocycles. The highest BCUT2D eigenvalue weighted by molar-refractivity contribution is 9.10. The van der Waals surface area contributed by atoms with Crippen LogP contribution < -0.4 is 10.2 Å². The minimum absolute atomic E-state index is 0.172. The number of carbonyl (C=O) groups is 1. The fourth-order valence-electron chi connectivity index (χ4n) is 1.53. The lowest BCUT2D eigenvalue weighted by molar-refractivity contribution is 0.258. The minimum Gasteiger partial charge on any atom is -0.508 e. The number of amides is 2. The van der Waals surface area contributed by atoms with E-state index in [2.05, 4.69) is 21.2 Å². The highest BCUT2D eigenvalue weighted by Crippen LogP contribution is 2.19. The summed E-state index contributed by atoms with van der Waals surface area (Å²) < 4.78 is 0.956. The second-order valence-corrected chi connectivity index (χ2v) is 4.93. The van der Waals surface area contributed by atoms with Gasteiger partial charge in [0.05, 0.1) is 0 Å². The van der Waals surface area contributed by atoms with Crippen LogP contribution in [-0.4, -0.2) is 18.2 Å². The summed E-state index contributed by atoms with van der Waals surface area (Å²) in [7, 11) is 1.67. The number of aromatic hydroxyl groups is 1. The van der Waals surface area contributed by atoms with E-state index in [1.165, 1.54) is 4.90 Å². The molecule has 5 heteroatoms. The van der Waals surface area contributed by atoms with E-state index in [0.29, 0.717) is 5.69 Å². The van der Waals surface area contributed by atoms with Crippen molar-refractivity contribution < 1.29 is 9.90 Å². The van der Waals surface area contributed by atoms with E-state index >= 15 is 0 Å². The Kier molecular flexibility index (Phi) is 4.06. The van der Waals surface area contributed by atoms with Gasteiger partial charge in [0.2, 0.25) is 0 Å². The molecule has 0 bridgehead atoms. The molecular weight excluding hydrogens is 308 g/mol. The molecule has 0 aliphatic carbocycles. The Morgan fingerprint density at radius 2 is 1.68 bits per heavy atom. The summed E-state index contributed by atoms with van der Waals surface area (Å²) in [4.78, 5) is 13.5. The van der Waals surface area contributed by atoms with E-state index in [1.54, 1.807) is 31.3 Å². The standard InChI is InChI=1S/C14H13BrN2O2/c1-17(12-6-8-13(18)9-7-12)14(19)16-11-4-2-10(15)3-5-11/h2-9,18H,1H3,(H,16,19). The molecule has 0 fully saturated rings. The molecule has 0 heterocycles. The molecule has 4 nitrogen and oxygen atoms in total. The van der Waals surface area contributed by atoms with Crippen molar-refractivity contribution in [3.05, 3.63) is 53.0 Å². The van der Waals surface area contributed by atoms with Crippen LogP contribution in [0.3, 0.4) is 0 Å². The molecule has 0 spiro atoms. The highest BCUT2D eigenvalue weighted by Gasteiger charge is 2.10. The first kappa shape index (κ1) is 13.4. The van der Waals surface area contributed by atoms with Gasteiger partial charge in [-0.05, 0) is 48.5 Å². The van der Waals surface area contributed by atoms with Crippen molar-refractivity contribution in [3.8, 4) is 5.75 Å². The Morgan fingerprint density at radius 1 is 1.11 bits per heavy atom. The van der Waals surface area contributed by atoms with Crippen LogP contribution in [0.1, 0.15) is 0 Å². The summed E-state index contributed by atoms with van der Waals surface area (Å²) in [6, 6.07) is 13.5. The van der Waals surface area contributed by atoms with Crippen LogP contribution in [-0.2, 0) is 0 Å². The maximum absolute atomic E-state index is 12.0. The summed E-state index contributed by atoms with van der Waals surface area (Å²) in [6.45, 7) is 0. The van der Waals surface area contributed by atoms with Crippen LogP contribution >= 0.6 is 15.9 Å². The van der Waals surface area contributed by atoms with Crippen LogP contribution in [0.5, 0.6) is 5.75 Å². The van der Waals surface area contributed by atoms with Crippen LogP contribution in [0.4, 0.5) is 16.2 Å². The smallest absolute Gasteiger partial charge is 0.326 e. The highest BCUT2D eigenvalue weighted by atomic mass is 79.9. The number of halogens is 1. The minimum atomic E-state index is -0.243. The number of hydrogen-bond acceptors (Lipinski definition) is 2. The second kappa shape index (κ2) is 5.75. The zero-order valence-electron chi connectivity index (χ0n) is 10.3. The molecular formula is C14H13BrN2O2. The molecule has 0 atom stereocenters. The molecule has 2 N–H and O–H groups in total. The van der Waals surface area contributed by atoms with Gasteiger partial charge in [0, 0.05) is 22.9 Å². The zero-order valence-corrected chi connectivity index (χ0v) is 11.9. The van der Waals surface area contributed by atoms with E-state index in [1.807, 2.05) is 24.3 Å². The number of hydrogen-bond donors (Lipinski definition) is 2. The number of carbonyl (C=O) groups excluding carboxylic acids is 1. The first-order valence-corrected chi connectivity index (χ1v) is 6.45. The maximum atomic E-state index is 12.0. The van der Waals surface area contributed by atoms with Gasteiger partial charge in [0.1, 0.15) is 5.75 Å². The maximum Gasteiger partial charge on any atom is 0.326 e. The molecule has 2 aromatic rings. The van der Waals surface area contributed by atoms with Crippen LogP contribution in [0, 0.1) is 0 Å². The molecule has 2 aromatic carbocycles. The molecule has 0 saturated heterocycles. The van der Waals surface area contributed by atoms with E-state index in [4.69, 9.17) is 0 Å². The average Bonchev–Trinajstić information content (AvgIpc) is 2.41. The number of phenolic OH excluding ortho intramolecular Hbond substituents is 1. The van der Waals surface area contributed by atoms with Gasteiger partial charge in [-0.15, -0.1) is 0 Å². The fraction of sp³-hybridized carbons (Fsp3) is 0.0714. The van der Waals surface area contributed by atoms with Gasteiger partial charge < -0.3 is 10.4 Å². The Hall–Kier alpha value is -2.01. The molecule has 0 aliphatic rings. The third-order valence-electron chi connectivity index (χ3n) is 2.64. The van der Waals surface area contributed by atoms with Crippen molar-refractivity contribution in [2.45, 2.75) is 0 Å². The Morgan fingerprint density at radius 3 is 2.26 bits per heavy atom. The number of nitrogens with zero attached hydrogens (tertiary/aromatic N) is 1. The predicted octanol–water partition coefficient (Wildman–Crippen LogP) is 3.82. The summed E-state index contributed by atoms with van der Waals surface area (Å²) in [5, 5.41) is 12.0. The van der Waals surface area contributed by atoms with Gasteiger partial charge in [0.25, 0.3) is 0 Å². The molecule has 0 unspecified atom stereocenters. The summed E-state index contributed by atoms with van der Waals surface area (Å²) in [6.07, 6.45) is 0. The van der Waals surface area contributed by atoms with Crippen molar-refractivity contribution in [3.63, 3.8) is 0 Å². The largest absolute Gasteiger partial charge is 0.508 e. The number of benzene rings is 2. The average molecular weight is 321 g/mol. The van der Waals surface area contributed by atoms with Crippen LogP contribution in [0.15, 0.2) is 53.0 Å². The third kappa shape index (κ3) is 3.48. The normalized spacial score (nSPS) is 10.0. The van der Waals surface area contributed by atoms with Crippen molar-refractivity contribution in [2.75, 3.05) is 17.3 Å². The molecule has 19 heavy (non-hydrogen) atoms. The Bertz CT molecular complexity index is 567. The van der Waals surface area contributed by atoms with Crippen molar-refractivity contribution in [1.29, 1.82) is 0 Å². The topological polar surface area (TPSA) is 52.6 Å². The number of rotatable bonds is 2. The van der Waals surface area contributed by atoms with Crippen LogP contribution in [0.25, 0.3) is 0 Å². The van der Waals surface area contributed by atoms with Gasteiger partial charge in [-0.25, -0.2) is 4.79 Å². The lowest BCUT2D eigenvalue weighted by atomic mass is 10.3. The molecule has 0 aliphatic heterocycles. The van der Waals surface area contributed by atoms with E-state index in [9.17, 15) is 9.90 Å². The number of nitrogens with one attached hydrogen (secondary N) is 1. The second-order valence-electron chi connectivity index (χ2n) is 4.01. The summed E-state index contributed by atoms with van der Waals surface area (Å²) in [5.41, 5.74) is 1.42. The van der Waals surface area contributed by atoms with Crippen molar-refractivity contribution in [2.24, 2.45) is 0 Å². The quantitative estimate of drug-likeness (QED) is 0.883. The first-order valence-electron chi connectivity index (χ1n) is 5.65. The van der Waals surface area contributed by atoms with Crippen LogP contribution in [0.2, 0.25) is 0 Å². The van der Waals surface area contributed by atoms with Gasteiger partial charge in [-0.2, -0.15) is 0 Å². The summed E-state index contributed by atoms with van der Waals surface area (Å²) in [5.74, 6) is 0.172. The number of phenols is 1. The Labute approximate surface area is 119 Å². The summed E-state index contributed by atoms with van der Waals surface area (Å²) >= 11 is 3.34. The SMILES string of the molecule is CN(C(=O)Nc1ccc(Br)cc1)c1ccc(O)cc1. The zero-order chi connectivity index (χ0) is 13.8. The van der Waals surface area contributed by atoms with E-state index in [0.717, 1.165) is 10.2 Å². The third-order valence-corrected chi connectivity index (χ3v) is 3.17. The molecule has 0 saturated carbocycles.